The molecule has 0 atom stereocenters. The fraction of sp³-hybridized carbons (Fsp3) is 0.150. The molecule has 2 aromatic rings. The van der Waals surface area contributed by atoms with E-state index < -0.39 is 0 Å². The van der Waals surface area contributed by atoms with Crippen molar-refractivity contribution in [3.8, 4) is 0 Å². The Morgan fingerprint density at radius 1 is 1.22 bits per heavy atom. The summed E-state index contributed by atoms with van der Waals surface area (Å²) >= 11 is 0.905. The number of hydrogen-bond acceptors (Lipinski definition) is 4. The number of aromatic nitrogens is 1. The summed E-state index contributed by atoms with van der Waals surface area (Å²) in [5, 5.41) is -0.308. The van der Waals surface area contributed by atoms with Crippen LogP contribution in [0.2, 0.25) is 0 Å². The molecule has 1 aromatic heterocycles. The summed E-state index contributed by atoms with van der Waals surface area (Å²) in [6.07, 6.45) is 3.20. The van der Waals surface area contributed by atoms with Crippen LogP contribution in [0.3, 0.4) is 0 Å². The van der Waals surface area contributed by atoms with Crippen LogP contribution in [0.1, 0.15) is 27.3 Å². The van der Waals surface area contributed by atoms with Crippen molar-refractivity contribution in [2.75, 3.05) is 12.0 Å². The first-order chi connectivity index (χ1) is 12.9. The molecule has 1 aliphatic rings. The number of imide groups is 1. The summed E-state index contributed by atoms with van der Waals surface area (Å²) in [7, 11) is 0. The maximum absolute atomic E-state index is 12.4. The Bertz CT molecular complexity index is 960. The first-order valence-corrected chi connectivity index (χ1v) is 9.15. The summed E-state index contributed by atoms with van der Waals surface area (Å²) in [5.74, 6) is -0.557. The average Bonchev–Trinajstić information content (AvgIpc) is 3.07. The Hall–Kier alpha value is -3.06. The van der Waals surface area contributed by atoms with Crippen molar-refractivity contribution in [2.24, 2.45) is 0 Å². The number of nitrogens with one attached hydrogen (secondary N) is 1. The topological polar surface area (TPSA) is 71.4 Å². The molecule has 1 saturated heterocycles. The van der Waals surface area contributed by atoms with E-state index >= 15 is 0 Å². The lowest BCUT2D eigenvalue weighted by Crippen LogP contribution is -2.27. The van der Waals surface area contributed by atoms with Gasteiger partial charge in [-0.25, -0.2) is 0 Å². The quantitative estimate of drug-likeness (QED) is 0.633. The second kappa shape index (κ2) is 7.67. The molecule has 7 heteroatoms. The lowest BCUT2D eigenvalue weighted by molar-refractivity contribution is -0.122. The highest BCUT2D eigenvalue weighted by Gasteiger charge is 2.34. The highest BCUT2D eigenvalue weighted by atomic mass is 32.2. The maximum atomic E-state index is 12.4. The molecule has 1 fully saturated rings. The maximum Gasteiger partial charge on any atom is 0.293 e. The lowest BCUT2D eigenvalue weighted by atomic mass is 10.2. The zero-order chi connectivity index (χ0) is 19.6. The van der Waals surface area contributed by atoms with Gasteiger partial charge in [0.05, 0.1) is 4.91 Å². The van der Waals surface area contributed by atoms with E-state index in [9.17, 15) is 14.4 Å². The molecule has 2 heterocycles. The zero-order valence-electron chi connectivity index (χ0n) is 15.1. The van der Waals surface area contributed by atoms with E-state index in [1.165, 1.54) is 6.08 Å². The monoisotopic (exact) mass is 381 g/mol. The van der Waals surface area contributed by atoms with Gasteiger partial charge in [-0.3, -0.25) is 29.4 Å². The van der Waals surface area contributed by atoms with Crippen molar-refractivity contribution in [2.45, 2.75) is 13.8 Å². The molecule has 138 valence electrons. The summed E-state index contributed by atoms with van der Waals surface area (Å²) < 4.78 is 1.68. The number of carbonyl (C=O) groups is 3. The van der Waals surface area contributed by atoms with Crippen molar-refractivity contribution >= 4 is 34.9 Å². The first-order valence-electron chi connectivity index (χ1n) is 8.34. The summed E-state index contributed by atoms with van der Waals surface area (Å²) in [6.45, 7) is 7.46. The van der Waals surface area contributed by atoms with Gasteiger partial charge in [0.25, 0.3) is 17.1 Å². The minimum Gasteiger partial charge on any atom is -0.268 e. The fourth-order valence-electron chi connectivity index (χ4n) is 2.79. The Kier molecular flexibility index (Phi) is 5.32. The van der Waals surface area contributed by atoms with Crippen LogP contribution in [0.4, 0.5) is 4.79 Å². The van der Waals surface area contributed by atoms with E-state index in [1.807, 2.05) is 26.0 Å². The molecule has 0 spiro atoms. The molecule has 0 unspecified atom stereocenters. The summed E-state index contributed by atoms with van der Waals surface area (Å²) in [6, 6.07) is 10.8. The molecule has 1 aromatic carbocycles. The fourth-order valence-corrected chi connectivity index (χ4v) is 3.63. The standard InChI is InChI=1S/C20H19N3O3S/c1-4-10-22-19(25)17(27-20(22)26)12-16-11-13(2)23(14(16)3)21-18(24)15-8-6-5-7-9-15/h4-9,11-12H,1,10H2,2-3H3,(H,21,24)/b17-12-. The van der Waals surface area contributed by atoms with E-state index in [0.717, 1.165) is 33.6 Å². The first kappa shape index (κ1) is 18.7. The van der Waals surface area contributed by atoms with Crippen molar-refractivity contribution in [3.05, 3.63) is 76.5 Å². The molecule has 0 radical (unpaired) electrons. The predicted molar refractivity (Wildman–Crippen MR) is 107 cm³/mol. The van der Waals surface area contributed by atoms with Crippen molar-refractivity contribution in [1.82, 2.24) is 9.58 Å². The molecule has 1 N–H and O–H groups in total. The van der Waals surface area contributed by atoms with E-state index in [2.05, 4.69) is 12.0 Å². The van der Waals surface area contributed by atoms with Crippen LogP contribution in [0, 0.1) is 13.8 Å². The van der Waals surface area contributed by atoms with Gasteiger partial charge in [-0.05, 0) is 55.4 Å². The number of benzene rings is 1. The van der Waals surface area contributed by atoms with E-state index in [-0.39, 0.29) is 23.6 Å². The molecule has 0 saturated carbocycles. The highest BCUT2D eigenvalue weighted by molar-refractivity contribution is 8.18. The van der Waals surface area contributed by atoms with Crippen LogP contribution in [-0.4, -0.2) is 33.2 Å². The van der Waals surface area contributed by atoms with E-state index in [0.29, 0.717) is 10.5 Å². The Morgan fingerprint density at radius 3 is 2.59 bits per heavy atom. The van der Waals surface area contributed by atoms with E-state index in [1.54, 1.807) is 35.0 Å². The highest BCUT2D eigenvalue weighted by Crippen LogP contribution is 2.33. The minimum atomic E-state index is -0.331. The number of thioether (sulfide) groups is 1. The van der Waals surface area contributed by atoms with Crippen LogP contribution in [0.5, 0.6) is 0 Å². The molecule has 0 bridgehead atoms. The van der Waals surface area contributed by atoms with Crippen LogP contribution in [0.15, 0.2) is 54.0 Å². The molecule has 6 nitrogen and oxygen atoms in total. The lowest BCUT2D eigenvalue weighted by Gasteiger charge is -2.11. The van der Waals surface area contributed by atoms with Gasteiger partial charge >= 0.3 is 0 Å². The van der Waals surface area contributed by atoms with Gasteiger partial charge < -0.3 is 0 Å². The molecule has 27 heavy (non-hydrogen) atoms. The largest absolute Gasteiger partial charge is 0.293 e. The Morgan fingerprint density at radius 2 is 1.93 bits per heavy atom. The van der Waals surface area contributed by atoms with Crippen LogP contribution >= 0.6 is 11.8 Å². The summed E-state index contributed by atoms with van der Waals surface area (Å²) in [5.41, 5.74) is 5.76. The third kappa shape index (κ3) is 3.73. The number of nitrogens with zero attached hydrogens (tertiary/aromatic N) is 2. The Balaban J connectivity index is 1.86. The number of amides is 3. The molecular formula is C20H19N3O3S. The van der Waals surface area contributed by atoms with Crippen LogP contribution in [-0.2, 0) is 4.79 Å². The van der Waals surface area contributed by atoms with Crippen molar-refractivity contribution in [3.63, 3.8) is 0 Å². The molecule has 3 rings (SSSR count). The SMILES string of the molecule is C=CCN1C(=O)S/C(=C\c2cc(C)n(NC(=O)c3ccccc3)c2C)C1=O. The minimum absolute atomic E-state index is 0.189. The van der Waals surface area contributed by atoms with Crippen molar-refractivity contribution in [1.29, 1.82) is 0 Å². The van der Waals surface area contributed by atoms with Gasteiger partial charge in [0.1, 0.15) is 0 Å². The average molecular weight is 381 g/mol. The number of hydrogen-bond donors (Lipinski definition) is 1. The van der Waals surface area contributed by atoms with Gasteiger partial charge in [-0.1, -0.05) is 24.3 Å². The normalized spacial score (nSPS) is 15.5. The van der Waals surface area contributed by atoms with Gasteiger partial charge in [0.2, 0.25) is 0 Å². The second-order valence-electron chi connectivity index (χ2n) is 6.05. The molecule has 3 amide bonds. The van der Waals surface area contributed by atoms with Gasteiger partial charge in [0, 0.05) is 23.5 Å². The second-order valence-corrected chi connectivity index (χ2v) is 7.04. The third-order valence-corrected chi connectivity index (χ3v) is 5.10. The van der Waals surface area contributed by atoms with Crippen molar-refractivity contribution < 1.29 is 14.4 Å². The third-order valence-electron chi connectivity index (χ3n) is 4.19. The number of rotatable bonds is 5. The van der Waals surface area contributed by atoms with E-state index in [4.69, 9.17) is 0 Å². The van der Waals surface area contributed by atoms with Gasteiger partial charge in [-0.15, -0.1) is 6.58 Å². The molecular weight excluding hydrogens is 362 g/mol. The Labute approximate surface area is 161 Å². The smallest absolute Gasteiger partial charge is 0.268 e. The zero-order valence-corrected chi connectivity index (χ0v) is 15.9. The van der Waals surface area contributed by atoms with Gasteiger partial charge in [0.15, 0.2) is 0 Å². The number of carbonyl (C=O) groups excluding carboxylic acids is 3. The predicted octanol–water partition coefficient (Wildman–Crippen LogP) is 3.71. The molecule has 0 aliphatic carbocycles. The number of aryl methyl sites for hydroxylation is 1. The summed E-state index contributed by atoms with van der Waals surface area (Å²) in [4.78, 5) is 38.2. The molecule has 1 aliphatic heterocycles. The van der Waals surface area contributed by atoms with Crippen LogP contribution in [0.25, 0.3) is 6.08 Å². The van der Waals surface area contributed by atoms with Gasteiger partial charge in [-0.2, -0.15) is 0 Å². The van der Waals surface area contributed by atoms with Crippen LogP contribution < -0.4 is 5.43 Å².